The van der Waals surface area contributed by atoms with E-state index >= 15 is 0 Å². The van der Waals surface area contributed by atoms with E-state index in [0.717, 1.165) is 25.8 Å². The van der Waals surface area contributed by atoms with Gasteiger partial charge in [-0.3, -0.25) is 4.79 Å². The van der Waals surface area contributed by atoms with Crippen LogP contribution in [0.4, 0.5) is 5.69 Å². The molecule has 0 heterocycles. The molecule has 1 aliphatic rings. The van der Waals surface area contributed by atoms with Crippen LogP contribution in [0.2, 0.25) is 0 Å². The number of nitrogens with zero attached hydrogens (tertiary/aromatic N) is 1. The lowest BCUT2D eigenvalue weighted by Gasteiger charge is -2.25. The Labute approximate surface area is 110 Å². The second-order valence-electron chi connectivity index (χ2n) is 5.43. The molecule has 1 aliphatic carbocycles. The average Bonchev–Trinajstić information content (AvgIpc) is 2.55. The van der Waals surface area contributed by atoms with E-state index in [4.69, 9.17) is 0 Å². The number of aryl methyl sites for hydroxylation is 1. The summed E-state index contributed by atoms with van der Waals surface area (Å²) in [6.45, 7) is 2.99. The molecule has 1 saturated carbocycles. The van der Waals surface area contributed by atoms with Gasteiger partial charge in [-0.05, 0) is 31.4 Å². The first-order valence-corrected chi connectivity index (χ1v) is 6.98. The summed E-state index contributed by atoms with van der Waals surface area (Å²) in [4.78, 5) is 14.3. The van der Waals surface area contributed by atoms with Crippen molar-refractivity contribution >= 4 is 11.5 Å². The standard InChI is InChI=1S/C16H23NO/c1-13-8-6-7-10-15(13)17(2)12-14-9-4-3-5-11-16(14)18/h6-8,10,14H,3-5,9,11-12H2,1-2H3. The van der Waals surface area contributed by atoms with Gasteiger partial charge in [-0.2, -0.15) is 0 Å². The van der Waals surface area contributed by atoms with Crippen LogP contribution >= 0.6 is 0 Å². The van der Waals surface area contributed by atoms with E-state index in [1.807, 2.05) is 0 Å². The van der Waals surface area contributed by atoms with Crippen LogP contribution in [-0.4, -0.2) is 19.4 Å². The Bertz CT molecular complexity index is 413. The molecule has 0 aliphatic heterocycles. The van der Waals surface area contributed by atoms with E-state index < -0.39 is 0 Å². The van der Waals surface area contributed by atoms with Gasteiger partial charge in [0.1, 0.15) is 5.78 Å². The first-order valence-electron chi connectivity index (χ1n) is 6.98. The summed E-state index contributed by atoms with van der Waals surface area (Å²) in [5.41, 5.74) is 2.52. The zero-order chi connectivity index (χ0) is 13.0. The largest absolute Gasteiger partial charge is 0.374 e. The number of Topliss-reactive ketones (excluding diaryl/α,β-unsaturated/α-hetero) is 1. The number of benzene rings is 1. The number of ketones is 1. The molecule has 1 atom stereocenters. The highest BCUT2D eigenvalue weighted by atomic mass is 16.1. The molecule has 0 aromatic heterocycles. The summed E-state index contributed by atoms with van der Waals surface area (Å²) in [5.74, 6) is 0.699. The molecule has 2 heteroatoms. The summed E-state index contributed by atoms with van der Waals surface area (Å²) >= 11 is 0. The van der Waals surface area contributed by atoms with Crippen molar-refractivity contribution in [2.75, 3.05) is 18.5 Å². The lowest BCUT2D eigenvalue weighted by Crippen LogP contribution is -2.30. The molecule has 0 spiro atoms. The minimum Gasteiger partial charge on any atom is -0.374 e. The zero-order valence-electron chi connectivity index (χ0n) is 11.5. The molecule has 1 fully saturated rings. The fraction of sp³-hybridized carbons (Fsp3) is 0.562. The van der Waals surface area contributed by atoms with Gasteiger partial charge < -0.3 is 4.90 Å². The van der Waals surface area contributed by atoms with Crippen LogP contribution in [0.15, 0.2) is 24.3 Å². The fourth-order valence-corrected chi connectivity index (χ4v) is 2.85. The van der Waals surface area contributed by atoms with Gasteiger partial charge in [0.25, 0.3) is 0 Å². The predicted molar refractivity (Wildman–Crippen MR) is 76.0 cm³/mol. The lowest BCUT2D eigenvalue weighted by atomic mass is 9.98. The molecule has 0 saturated heterocycles. The van der Waals surface area contributed by atoms with Crippen molar-refractivity contribution in [1.29, 1.82) is 0 Å². The average molecular weight is 245 g/mol. The highest BCUT2D eigenvalue weighted by molar-refractivity contribution is 5.81. The van der Waals surface area contributed by atoms with Gasteiger partial charge in [0.15, 0.2) is 0 Å². The van der Waals surface area contributed by atoms with Crippen LogP contribution in [-0.2, 0) is 4.79 Å². The second-order valence-corrected chi connectivity index (χ2v) is 5.43. The van der Waals surface area contributed by atoms with Gasteiger partial charge in [-0.25, -0.2) is 0 Å². The highest BCUT2D eigenvalue weighted by Gasteiger charge is 2.22. The number of rotatable bonds is 3. The predicted octanol–water partition coefficient (Wildman–Crippen LogP) is 3.58. The van der Waals surface area contributed by atoms with Crippen molar-refractivity contribution in [3.05, 3.63) is 29.8 Å². The maximum Gasteiger partial charge on any atom is 0.137 e. The molecule has 0 amide bonds. The zero-order valence-corrected chi connectivity index (χ0v) is 11.5. The molecule has 1 aromatic rings. The van der Waals surface area contributed by atoms with Crippen molar-refractivity contribution in [3.8, 4) is 0 Å². The normalized spacial score (nSPS) is 20.6. The van der Waals surface area contributed by atoms with Crippen molar-refractivity contribution in [3.63, 3.8) is 0 Å². The Kier molecular flexibility index (Phi) is 4.40. The van der Waals surface area contributed by atoms with Gasteiger partial charge >= 0.3 is 0 Å². The molecule has 2 nitrogen and oxygen atoms in total. The molecule has 0 bridgehead atoms. The van der Waals surface area contributed by atoms with Gasteiger partial charge in [-0.15, -0.1) is 0 Å². The summed E-state index contributed by atoms with van der Waals surface area (Å²) in [5, 5.41) is 0. The Morgan fingerprint density at radius 1 is 1.22 bits per heavy atom. The first-order chi connectivity index (χ1) is 8.68. The van der Waals surface area contributed by atoms with Gasteiger partial charge in [0, 0.05) is 31.6 Å². The van der Waals surface area contributed by atoms with Crippen LogP contribution in [0, 0.1) is 12.8 Å². The molecular weight excluding hydrogens is 222 g/mol. The summed E-state index contributed by atoms with van der Waals surface area (Å²) < 4.78 is 0. The molecule has 18 heavy (non-hydrogen) atoms. The van der Waals surface area contributed by atoms with E-state index in [1.54, 1.807) is 0 Å². The van der Waals surface area contributed by atoms with E-state index in [2.05, 4.69) is 43.1 Å². The quantitative estimate of drug-likeness (QED) is 0.759. The smallest absolute Gasteiger partial charge is 0.137 e. The third-order valence-electron chi connectivity index (χ3n) is 3.95. The Hall–Kier alpha value is -1.31. The minimum absolute atomic E-state index is 0.233. The SMILES string of the molecule is Cc1ccccc1N(C)CC1CCCCCC1=O. The molecule has 1 unspecified atom stereocenters. The minimum atomic E-state index is 0.233. The van der Waals surface area contributed by atoms with E-state index in [9.17, 15) is 4.79 Å². The maximum atomic E-state index is 12.0. The summed E-state index contributed by atoms with van der Waals surface area (Å²) in [7, 11) is 2.10. The number of carbonyl (C=O) groups is 1. The van der Waals surface area contributed by atoms with Gasteiger partial charge in [0.05, 0.1) is 0 Å². The van der Waals surface area contributed by atoms with E-state index in [1.165, 1.54) is 24.1 Å². The fourth-order valence-electron chi connectivity index (χ4n) is 2.85. The molecule has 2 rings (SSSR count). The van der Waals surface area contributed by atoms with E-state index in [-0.39, 0.29) is 5.92 Å². The number of hydrogen-bond acceptors (Lipinski definition) is 2. The Morgan fingerprint density at radius 3 is 2.78 bits per heavy atom. The molecule has 0 N–H and O–H groups in total. The van der Waals surface area contributed by atoms with E-state index in [0.29, 0.717) is 5.78 Å². The summed E-state index contributed by atoms with van der Waals surface area (Å²) in [6.07, 6.45) is 5.36. The number of anilines is 1. The topological polar surface area (TPSA) is 20.3 Å². The second kappa shape index (κ2) is 6.03. The van der Waals surface area contributed by atoms with Crippen molar-refractivity contribution in [2.24, 2.45) is 5.92 Å². The van der Waals surface area contributed by atoms with Gasteiger partial charge in [-0.1, -0.05) is 31.0 Å². The van der Waals surface area contributed by atoms with Crippen molar-refractivity contribution < 1.29 is 4.79 Å². The number of carbonyl (C=O) groups excluding carboxylic acids is 1. The van der Waals surface area contributed by atoms with Crippen LogP contribution < -0.4 is 4.90 Å². The molecular formula is C16H23NO. The van der Waals surface area contributed by atoms with Crippen molar-refractivity contribution in [2.45, 2.75) is 39.0 Å². The Morgan fingerprint density at radius 2 is 2.00 bits per heavy atom. The third kappa shape index (κ3) is 3.12. The highest BCUT2D eigenvalue weighted by Crippen LogP contribution is 2.24. The maximum absolute atomic E-state index is 12.0. The first kappa shape index (κ1) is 13.1. The third-order valence-corrected chi connectivity index (χ3v) is 3.95. The van der Waals surface area contributed by atoms with Crippen LogP contribution in [0.3, 0.4) is 0 Å². The molecule has 98 valence electrons. The number of hydrogen-bond donors (Lipinski definition) is 0. The lowest BCUT2D eigenvalue weighted by molar-refractivity contribution is -0.122. The van der Waals surface area contributed by atoms with Crippen molar-refractivity contribution in [1.82, 2.24) is 0 Å². The van der Waals surface area contributed by atoms with Gasteiger partial charge in [0.2, 0.25) is 0 Å². The van der Waals surface area contributed by atoms with Crippen LogP contribution in [0.25, 0.3) is 0 Å². The Balaban J connectivity index is 2.04. The number of para-hydroxylation sites is 1. The molecule has 1 aromatic carbocycles. The van der Waals surface area contributed by atoms with Crippen LogP contribution in [0.1, 0.15) is 37.7 Å². The van der Waals surface area contributed by atoms with Crippen LogP contribution in [0.5, 0.6) is 0 Å². The summed E-state index contributed by atoms with van der Waals surface area (Å²) in [6, 6.07) is 8.38. The molecule has 0 radical (unpaired) electrons. The monoisotopic (exact) mass is 245 g/mol.